The SMILES string of the molecule is COc1cc(C(=O)O)cc2nc(N)n(CC=CCn3c(N)nc4cc(C(N)=O)cc(OCC#CC5CN(C(=O)OC(C)(C)C)C5)c43)c12. The highest BCUT2D eigenvalue weighted by molar-refractivity contribution is 5.99. The lowest BCUT2D eigenvalue weighted by molar-refractivity contribution is 0.00588. The minimum atomic E-state index is -1.10. The smallest absolute Gasteiger partial charge is 0.410 e. The van der Waals surface area contributed by atoms with Crippen LogP contribution in [0.15, 0.2) is 36.4 Å². The molecule has 47 heavy (non-hydrogen) atoms. The molecule has 3 heterocycles. The normalized spacial score (nSPS) is 13.4. The summed E-state index contributed by atoms with van der Waals surface area (Å²) in [7, 11) is 1.44. The molecule has 1 saturated heterocycles. The van der Waals surface area contributed by atoms with Crippen molar-refractivity contribution in [3.8, 4) is 23.3 Å². The molecule has 0 atom stereocenters. The molecular weight excluding hydrogens is 608 g/mol. The molecule has 1 fully saturated rings. The number of methoxy groups -OCH3 is 1. The molecule has 7 N–H and O–H groups in total. The first-order valence-corrected chi connectivity index (χ1v) is 14.7. The average molecular weight is 645 g/mol. The lowest BCUT2D eigenvalue weighted by atomic mass is 10.0. The van der Waals surface area contributed by atoms with E-state index in [1.165, 1.54) is 25.3 Å². The van der Waals surface area contributed by atoms with Crippen LogP contribution in [0.5, 0.6) is 11.5 Å². The van der Waals surface area contributed by atoms with Gasteiger partial charge in [-0.3, -0.25) is 4.79 Å². The van der Waals surface area contributed by atoms with Gasteiger partial charge in [-0.15, -0.1) is 0 Å². The van der Waals surface area contributed by atoms with Crippen LogP contribution in [0.25, 0.3) is 22.1 Å². The Kier molecular flexibility index (Phi) is 8.87. The average Bonchev–Trinajstić information content (AvgIpc) is 3.46. The summed E-state index contributed by atoms with van der Waals surface area (Å²) in [5.41, 5.74) is 19.6. The minimum Gasteiger partial charge on any atom is -0.494 e. The number of aromatic nitrogens is 4. The Hall–Kier alpha value is -5.91. The van der Waals surface area contributed by atoms with Crippen LogP contribution < -0.4 is 26.7 Å². The van der Waals surface area contributed by atoms with E-state index in [1.807, 2.05) is 32.9 Å². The molecule has 2 aromatic heterocycles. The number of nitrogens with zero attached hydrogens (tertiary/aromatic N) is 5. The number of primary amides is 1. The number of anilines is 2. The number of carboxylic acid groups (broad SMARTS) is 1. The van der Waals surface area contributed by atoms with E-state index < -0.39 is 17.5 Å². The number of nitrogen functional groups attached to an aromatic ring is 2. The second-order valence-corrected chi connectivity index (χ2v) is 11.9. The molecule has 2 amide bonds. The van der Waals surface area contributed by atoms with Crippen molar-refractivity contribution in [1.82, 2.24) is 24.0 Å². The van der Waals surface area contributed by atoms with Gasteiger partial charge in [0.25, 0.3) is 0 Å². The first-order chi connectivity index (χ1) is 22.3. The van der Waals surface area contributed by atoms with Gasteiger partial charge in [-0.2, -0.15) is 0 Å². The maximum absolute atomic E-state index is 12.2. The number of hydrogen-bond acceptors (Lipinski definition) is 10. The van der Waals surface area contributed by atoms with Gasteiger partial charge in [-0.05, 0) is 45.0 Å². The van der Waals surface area contributed by atoms with Crippen LogP contribution in [-0.4, -0.2) is 79.5 Å². The van der Waals surface area contributed by atoms with E-state index in [9.17, 15) is 19.5 Å². The van der Waals surface area contributed by atoms with E-state index in [1.54, 1.807) is 20.1 Å². The van der Waals surface area contributed by atoms with Crippen LogP contribution in [0.2, 0.25) is 0 Å². The second kappa shape index (κ2) is 12.8. The first-order valence-electron chi connectivity index (χ1n) is 14.7. The molecule has 0 aliphatic carbocycles. The monoisotopic (exact) mass is 644 g/mol. The number of nitrogens with two attached hydrogens (primary N) is 3. The van der Waals surface area contributed by atoms with Gasteiger partial charge in [-0.25, -0.2) is 19.6 Å². The van der Waals surface area contributed by atoms with Crippen LogP contribution in [0.4, 0.5) is 16.7 Å². The van der Waals surface area contributed by atoms with Gasteiger partial charge in [-0.1, -0.05) is 24.0 Å². The van der Waals surface area contributed by atoms with E-state index >= 15 is 0 Å². The van der Waals surface area contributed by atoms with Crippen molar-refractivity contribution >= 4 is 51.9 Å². The van der Waals surface area contributed by atoms with Crippen LogP contribution in [-0.2, 0) is 17.8 Å². The number of carbonyl (C=O) groups is 3. The molecule has 0 spiro atoms. The summed E-state index contributed by atoms with van der Waals surface area (Å²) in [6.45, 7) is 6.99. The maximum atomic E-state index is 12.2. The summed E-state index contributed by atoms with van der Waals surface area (Å²) >= 11 is 0. The Bertz CT molecular complexity index is 1970. The highest BCUT2D eigenvalue weighted by Crippen LogP contribution is 2.31. The fraction of sp³-hybridized carbons (Fsp3) is 0.344. The Labute approximate surface area is 269 Å². The third-order valence-electron chi connectivity index (χ3n) is 7.31. The number of aromatic carboxylic acids is 1. The van der Waals surface area contributed by atoms with Crippen LogP contribution in [0.1, 0.15) is 41.5 Å². The number of carbonyl (C=O) groups excluding carboxylic acids is 2. The van der Waals surface area contributed by atoms with E-state index in [4.69, 9.17) is 31.4 Å². The molecule has 4 aromatic rings. The van der Waals surface area contributed by atoms with E-state index in [0.29, 0.717) is 53.2 Å². The number of benzene rings is 2. The van der Waals surface area contributed by atoms with E-state index in [0.717, 1.165) is 0 Å². The van der Waals surface area contributed by atoms with Crippen molar-refractivity contribution in [2.75, 3.05) is 38.3 Å². The Balaban J connectivity index is 1.31. The summed E-state index contributed by atoms with van der Waals surface area (Å²) in [5, 5.41) is 9.41. The van der Waals surface area contributed by atoms with Crippen LogP contribution in [0.3, 0.4) is 0 Å². The highest BCUT2D eigenvalue weighted by Gasteiger charge is 2.32. The number of amides is 2. The number of rotatable bonds is 9. The number of hydrogen-bond donors (Lipinski definition) is 4. The second-order valence-electron chi connectivity index (χ2n) is 11.9. The molecule has 0 radical (unpaired) electrons. The number of likely N-dealkylation sites (tertiary alicyclic amines) is 1. The Morgan fingerprint density at radius 2 is 1.51 bits per heavy atom. The van der Waals surface area contributed by atoms with Gasteiger partial charge in [0.2, 0.25) is 17.8 Å². The summed E-state index contributed by atoms with van der Waals surface area (Å²) in [6, 6.07) is 5.92. The first kappa shape index (κ1) is 32.5. The van der Waals surface area contributed by atoms with Crippen LogP contribution in [0, 0.1) is 17.8 Å². The Morgan fingerprint density at radius 3 is 2.04 bits per heavy atom. The maximum Gasteiger partial charge on any atom is 0.410 e. The summed E-state index contributed by atoms with van der Waals surface area (Å²) in [6.07, 6.45) is 3.32. The van der Waals surface area contributed by atoms with E-state index in [2.05, 4.69) is 21.8 Å². The fourth-order valence-corrected chi connectivity index (χ4v) is 5.10. The van der Waals surface area contributed by atoms with Gasteiger partial charge in [0.05, 0.1) is 29.6 Å². The zero-order valence-corrected chi connectivity index (χ0v) is 26.4. The zero-order valence-electron chi connectivity index (χ0n) is 26.4. The number of carboxylic acids is 1. The summed E-state index contributed by atoms with van der Waals surface area (Å²) in [5.74, 6) is 5.36. The highest BCUT2D eigenvalue weighted by atomic mass is 16.6. The molecule has 0 bridgehead atoms. The lowest BCUT2D eigenvalue weighted by Gasteiger charge is -2.37. The molecule has 15 heteroatoms. The van der Waals surface area contributed by atoms with Crippen LogP contribution >= 0.6 is 0 Å². The van der Waals surface area contributed by atoms with Gasteiger partial charge in [0.15, 0.2) is 0 Å². The standard InChI is InChI=1S/C32H36N8O7/c1-32(2,3)47-31(44)38-16-18(17-38)8-7-11-46-24-14-19(27(33)41)12-21-26(24)40(30(35)36-21)10-6-5-9-39-25-22(37-29(39)34)13-20(28(42)43)15-23(25)45-4/h5-6,12-15,18H,9-11,16-17H2,1-4H3,(H2,33,41)(H2,34,37)(H2,35,36)(H,42,43). The van der Waals surface area contributed by atoms with Gasteiger partial charge >= 0.3 is 12.1 Å². The molecular formula is C32H36N8O7. The molecule has 1 aliphatic rings. The molecule has 246 valence electrons. The number of allylic oxidation sites excluding steroid dienone is 2. The summed E-state index contributed by atoms with van der Waals surface area (Å²) in [4.78, 5) is 46.0. The third kappa shape index (κ3) is 7.01. The quantitative estimate of drug-likeness (QED) is 0.153. The third-order valence-corrected chi connectivity index (χ3v) is 7.31. The van der Waals surface area contributed by atoms with Crippen molar-refractivity contribution in [1.29, 1.82) is 0 Å². The van der Waals surface area contributed by atoms with E-state index in [-0.39, 0.29) is 48.2 Å². The summed E-state index contributed by atoms with van der Waals surface area (Å²) < 4.78 is 20.2. The molecule has 0 saturated carbocycles. The van der Waals surface area contributed by atoms with Gasteiger partial charge in [0.1, 0.15) is 34.7 Å². The minimum absolute atomic E-state index is 0.00440. The molecule has 1 aliphatic heterocycles. The van der Waals surface area contributed by atoms with Gasteiger partial charge in [0, 0.05) is 31.7 Å². The lowest BCUT2D eigenvalue weighted by Crippen LogP contribution is -2.51. The van der Waals surface area contributed by atoms with Crippen molar-refractivity contribution in [3.05, 3.63) is 47.5 Å². The molecule has 5 rings (SSSR count). The predicted molar refractivity (Wildman–Crippen MR) is 174 cm³/mol. The van der Waals surface area contributed by atoms with Crippen molar-refractivity contribution < 1.29 is 33.7 Å². The van der Waals surface area contributed by atoms with Crippen molar-refractivity contribution in [2.45, 2.75) is 39.5 Å². The van der Waals surface area contributed by atoms with Crippen molar-refractivity contribution in [2.24, 2.45) is 11.7 Å². The van der Waals surface area contributed by atoms with Crippen molar-refractivity contribution in [3.63, 3.8) is 0 Å². The number of fused-ring (bicyclic) bond motifs is 2. The molecule has 15 nitrogen and oxygen atoms in total. The zero-order chi connectivity index (χ0) is 34.0. The Morgan fingerprint density at radius 1 is 0.957 bits per heavy atom. The number of ether oxygens (including phenoxy) is 3. The largest absolute Gasteiger partial charge is 0.494 e. The molecule has 2 aromatic carbocycles. The number of imidazole rings is 2. The molecule has 0 unspecified atom stereocenters. The fourth-order valence-electron chi connectivity index (χ4n) is 5.10. The predicted octanol–water partition coefficient (Wildman–Crippen LogP) is 2.86. The van der Waals surface area contributed by atoms with Gasteiger partial charge < -0.3 is 50.6 Å². The topological polar surface area (TPSA) is 216 Å².